The van der Waals surface area contributed by atoms with Crippen LogP contribution in [0.5, 0.6) is 0 Å². The molecule has 2 N–H and O–H groups in total. The van der Waals surface area contributed by atoms with Crippen molar-refractivity contribution in [1.29, 1.82) is 0 Å². The van der Waals surface area contributed by atoms with Crippen molar-refractivity contribution in [2.45, 2.75) is 12.5 Å². The molecule has 0 aliphatic heterocycles. The maximum absolute atomic E-state index is 13.5. The summed E-state index contributed by atoms with van der Waals surface area (Å²) >= 11 is 2.25. The Morgan fingerprint density at radius 3 is 2.41 bits per heavy atom. The van der Waals surface area contributed by atoms with Gasteiger partial charge in [-0.3, -0.25) is 0 Å². The van der Waals surface area contributed by atoms with Crippen LogP contribution in [0.15, 0.2) is 48.5 Å². The van der Waals surface area contributed by atoms with E-state index in [1.165, 1.54) is 6.07 Å². The smallest absolute Gasteiger partial charge is 0.126 e. The SMILES string of the molecule is NC(Cc1ccccc1F)c1ccccc1I. The Labute approximate surface area is 114 Å². The van der Waals surface area contributed by atoms with E-state index in [1.54, 1.807) is 12.1 Å². The largest absolute Gasteiger partial charge is 0.324 e. The van der Waals surface area contributed by atoms with E-state index in [0.29, 0.717) is 12.0 Å². The Kier molecular flexibility index (Phi) is 4.12. The summed E-state index contributed by atoms with van der Waals surface area (Å²) in [5.41, 5.74) is 7.86. The number of nitrogens with two attached hydrogens (primary N) is 1. The van der Waals surface area contributed by atoms with Crippen LogP contribution in [0.25, 0.3) is 0 Å². The topological polar surface area (TPSA) is 26.0 Å². The summed E-state index contributed by atoms with van der Waals surface area (Å²) in [5, 5.41) is 0. The number of halogens is 2. The Bertz CT molecular complexity index is 513. The molecule has 0 spiro atoms. The van der Waals surface area contributed by atoms with Gasteiger partial charge in [-0.1, -0.05) is 36.4 Å². The van der Waals surface area contributed by atoms with Crippen molar-refractivity contribution >= 4 is 22.6 Å². The number of hydrogen-bond donors (Lipinski definition) is 1. The lowest BCUT2D eigenvalue weighted by atomic mass is 9.99. The van der Waals surface area contributed by atoms with Gasteiger partial charge >= 0.3 is 0 Å². The minimum atomic E-state index is -0.186. The number of hydrogen-bond acceptors (Lipinski definition) is 1. The number of rotatable bonds is 3. The van der Waals surface area contributed by atoms with Crippen molar-refractivity contribution in [3.05, 3.63) is 69.0 Å². The highest BCUT2D eigenvalue weighted by Crippen LogP contribution is 2.22. The van der Waals surface area contributed by atoms with Gasteiger partial charge in [0.1, 0.15) is 5.82 Å². The van der Waals surface area contributed by atoms with E-state index in [0.717, 1.165) is 9.13 Å². The van der Waals surface area contributed by atoms with E-state index in [-0.39, 0.29) is 11.9 Å². The molecule has 0 aliphatic rings. The summed E-state index contributed by atoms with van der Waals surface area (Å²) in [4.78, 5) is 0. The van der Waals surface area contributed by atoms with E-state index >= 15 is 0 Å². The maximum atomic E-state index is 13.5. The first kappa shape index (κ1) is 12.5. The molecule has 17 heavy (non-hydrogen) atoms. The zero-order valence-electron chi connectivity index (χ0n) is 9.24. The normalized spacial score (nSPS) is 12.4. The molecule has 0 fully saturated rings. The fourth-order valence-electron chi connectivity index (χ4n) is 1.79. The quantitative estimate of drug-likeness (QED) is 0.847. The average Bonchev–Trinajstić information content (AvgIpc) is 2.32. The minimum absolute atomic E-state index is 0.167. The molecule has 2 rings (SSSR count). The molecule has 0 heterocycles. The fraction of sp³-hybridized carbons (Fsp3) is 0.143. The van der Waals surface area contributed by atoms with E-state index in [9.17, 15) is 4.39 Å². The van der Waals surface area contributed by atoms with Crippen LogP contribution in [0.3, 0.4) is 0 Å². The lowest BCUT2D eigenvalue weighted by Gasteiger charge is -2.14. The minimum Gasteiger partial charge on any atom is -0.324 e. The second-order valence-corrected chi connectivity index (χ2v) is 5.09. The Hall–Kier alpha value is -0.940. The van der Waals surface area contributed by atoms with Crippen LogP contribution in [-0.2, 0) is 6.42 Å². The Morgan fingerprint density at radius 1 is 1.06 bits per heavy atom. The predicted octanol–water partition coefficient (Wildman–Crippen LogP) is 3.67. The van der Waals surface area contributed by atoms with Gasteiger partial charge in [0.25, 0.3) is 0 Å². The second-order valence-electron chi connectivity index (χ2n) is 3.92. The van der Waals surface area contributed by atoms with Gasteiger partial charge in [0, 0.05) is 9.61 Å². The van der Waals surface area contributed by atoms with Gasteiger partial charge < -0.3 is 5.73 Å². The second kappa shape index (κ2) is 5.60. The van der Waals surface area contributed by atoms with Gasteiger partial charge in [0.2, 0.25) is 0 Å². The van der Waals surface area contributed by atoms with Gasteiger partial charge in [-0.2, -0.15) is 0 Å². The van der Waals surface area contributed by atoms with Gasteiger partial charge in [-0.15, -0.1) is 0 Å². The van der Waals surface area contributed by atoms with Crippen LogP contribution >= 0.6 is 22.6 Å². The Balaban J connectivity index is 2.20. The summed E-state index contributed by atoms with van der Waals surface area (Å²) in [5.74, 6) is -0.186. The molecule has 1 unspecified atom stereocenters. The molecule has 88 valence electrons. The molecule has 3 heteroatoms. The molecular weight excluding hydrogens is 328 g/mol. The molecule has 0 aliphatic carbocycles. The fourth-order valence-corrected chi connectivity index (χ4v) is 2.57. The van der Waals surface area contributed by atoms with E-state index in [4.69, 9.17) is 5.73 Å². The number of benzene rings is 2. The van der Waals surface area contributed by atoms with Crippen molar-refractivity contribution in [1.82, 2.24) is 0 Å². The highest BCUT2D eigenvalue weighted by atomic mass is 127. The van der Waals surface area contributed by atoms with Crippen LogP contribution in [0.4, 0.5) is 4.39 Å². The molecule has 0 aromatic heterocycles. The summed E-state index contributed by atoms with van der Waals surface area (Å²) in [6, 6.07) is 14.5. The first-order valence-electron chi connectivity index (χ1n) is 5.42. The van der Waals surface area contributed by atoms with Crippen molar-refractivity contribution in [3.63, 3.8) is 0 Å². The first-order valence-corrected chi connectivity index (χ1v) is 6.50. The van der Waals surface area contributed by atoms with Crippen LogP contribution in [0.1, 0.15) is 17.2 Å². The summed E-state index contributed by atoms with van der Waals surface area (Å²) < 4.78 is 14.6. The zero-order valence-corrected chi connectivity index (χ0v) is 11.4. The summed E-state index contributed by atoms with van der Waals surface area (Å²) in [6.07, 6.45) is 0.521. The molecule has 0 bridgehead atoms. The highest BCUT2D eigenvalue weighted by Gasteiger charge is 2.12. The molecule has 0 saturated carbocycles. The van der Waals surface area contributed by atoms with Crippen LogP contribution in [-0.4, -0.2) is 0 Å². The van der Waals surface area contributed by atoms with Crippen molar-refractivity contribution < 1.29 is 4.39 Å². The zero-order chi connectivity index (χ0) is 12.3. The Morgan fingerprint density at radius 2 is 1.71 bits per heavy atom. The first-order chi connectivity index (χ1) is 8.18. The molecule has 0 amide bonds. The third-order valence-electron chi connectivity index (χ3n) is 2.70. The van der Waals surface area contributed by atoms with Crippen LogP contribution < -0.4 is 5.73 Å². The molecule has 0 radical (unpaired) electrons. The molecule has 2 aromatic rings. The molecule has 2 aromatic carbocycles. The highest BCUT2D eigenvalue weighted by molar-refractivity contribution is 14.1. The van der Waals surface area contributed by atoms with Gasteiger partial charge in [0.05, 0.1) is 0 Å². The van der Waals surface area contributed by atoms with Crippen molar-refractivity contribution in [2.75, 3.05) is 0 Å². The van der Waals surface area contributed by atoms with E-state index in [2.05, 4.69) is 22.6 Å². The van der Waals surface area contributed by atoms with E-state index < -0.39 is 0 Å². The van der Waals surface area contributed by atoms with Crippen LogP contribution in [0.2, 0.25) is 0 Å². The predicted molar refractivity (Wildman–Crippen MR) is 76.2 cm³/mol. The molecule has 1 atom stereocenters. The average molecular weight is 341 g/mol. The third kappa shape index (κ3) is 3.04. The van der Waals surface area contributed by atoms with Gasteiger partial charge in [-0.05, 0) is 52.3 Å². The lowest BCUT2D eigenvalue weighted by molar-refractivity contribution is 0.593. The van der Waals surface area contributed by atoms with E-state index in [1.807, 2.05) is 30.3 Å². The lowest BCUT2D eigenvalue weighted by Crippen LogP contribution is -2.15. The molecule has 1 nitrogen and oxygen atoms in total. The third-order valence-corrected chi connectivity index (χ3v) is 3.68. The van der Waals surface area contributed by atoms with Gasteiger partial charge in [-0.25, -0.2) is 4.39 Å². The van der Waals surface area contributed by atoms with Crippen molar-refractivity contribution in [2.24, 2.45) is 5.73 Å². The molecule has 0 saturated heterocycles. The monoisotopic (exact) mass is 341 g/mol. The maximum Gasteiger partial charge on any atom is 0.126 e. The summed E-state index contributed by atoms with van der Waals surface area (Å²) in [7, 11) is 0. The van der Waals surface area contributed by atoms with Crippen molar-refractivity contribution in [3.8, 4) is 0 Å². The van der Waals surface area contributed by atoms with Crippen LogP contribution in [0, 0.1) is 9.39 Å². The van der Waals surface area contributed by atoms with Gasteiger partial charge in [0.15, 0.2) is 0 Å². The standard InChI is InChI=1S/C14H13FIN/c15-12-7-3-1-5-10(12)9-14(17)11-6-2-4-8-13(11)16/h1-8,14H,9,17H2. The summed E-state index contributed by atoms with van der Waals surface area (Å²) in [6.45, 7) is 0. The molecular formula is C14H13FIN.